The Morgan fingerprint density at radius 2 is 2.05 bits per heavy atom. The van der Waals surface area contributed by atoms with Crippen molar-refractivity contribution in [2.45, 2.75) is 32.9 Å². The van der Waals surface area contributed by atoms with Crippen LogP contribution in [-0.2, 0) is 11.3 Å². The molecule has 1 amide bonds. The van der Waals surface area contributed by atoms with Crippen molar-refractivity contribution in [1.29, 1.82) is 0 Å². The zero-order chi connectivity index (χ0) is 15.5. The molecule has 0 radical (unpaired) electrons. The van der Waals surface area contributed by atoms with Gasteiger partial charge in [0, 0.05) is 12.2 Å². The predicted octanol–water partition coefficient (Wildman–Crippen LogP) is 2.25. The van der Waals surface area contributed by atoms with Crippen molar-refractivity contribution in [2.24, 2.45) is 5.92 Å². The third kappa shape index (κ3) is 2.64. The van der Waals surface area contributed by atoms with Crippen LogP contribution in [0.4, 0.5) is 11.6 Å². The third-order valence-electron chi connectivity index (χ3n) is 4.14. The van der Waals surface area contributed by atoms with Crippen LogP contribution in [0, 0.1) is 5.92 Å². The fraction of sp³-hybridized carbons (Fsp3) is 0.375. The number of para-hydroxylation sites is 1. The van der Waals surface area contributed by atoms with Crippen LogP contribution in [-0.4, -0.2) is 26.9 Å². The van der Waals surface area contributed by atoms with Crippen molar-refractivity contribution in [3.8, 4) is 0 Å². The van der Waals surface area contributed by atoms with Gasteiger partial charge in [0.1, 0.15) is 18.7 Å². The molecule has 1 aromatic heterocycles. The number of anilines is 2. The normalized spacial score (nSPS) is 19.1. The summed E-state index contributed by atoms with van der Waals surface area (Å²) in [5.41, 5.74) is 1.92. The summed E-state index contributed by atoms with van der Waals surface area (Å²) in [7, 11) is 0. The molecule has 2 heterocycles. The van der Waals surface area contributed by atoms with Gasteiger partial charge in [0.25, 0.3) is 0 Å². The summed E-state index contributed by atoms with van der Waals surface area (Å²) in [6.45, 7) is 4.75. The molecule has 2 atom stereocenters. The highest BCUT2D eigenvalue weighted by Crippen LogP contribution is 2.29. The minimum atomic E-state index is -0.306. The van der Waals surface area contributed by atoms with Gasteiger partial charge in [-0.3, -0.25) is 4.79 Å². The fourth-order valence-corrected chi connectivity index (χ4v) is 2.78. The lowest BCUT2D eigenvalue weighted by Gasteiger charge is -2.32. The number of hydrogen-bond donors (Lipinski definition) is 1. The van der Waals surface area contributed by atoms with Gasteiger partial charge in [-0.2, -0.15) is 0 Å². The number of carbonyl (C=O) groups excluding carboxylic acids is 1. The van der Waals surface area contributed by atoms with Gasteiger partial charge in [0.2, 0.25) is 11.9 Å². The molecule has 0 fully saturated rings. The predicted molar refractivity (Wildman–Crippen MR) is 84.3 cm³/mol. The molecule has 1 N–H and O–H groups in total. The van der Waals surface area contributed by atoms with E-state index in [1.54, 1.807) is 0 Å². The molecule has 6 heteroatoms. The largest absolute Gasteiger partial charge is 0.324 e. The maximum absolute atomic E-state index is 12.7. The van der Waals surface area contributed by atoms with Crippen LogP contribution in [0.3, 0.4) is 0 Å². The second kappa shape index (κ2) is 6.09. The van der Waals surface area contributed by atoms with Crippen LogP contribution < -0.4 is 10.2 Å². The van der Waals surface area contributed by atoms with E-state index in [9.17, 15) is 4.79 Å². The third-order valence-corrected chi connectivity index (χ3v) is 4.14. The van der Waals surface area contributed by atoms with Crippen LogP contribution in [0.1, 0.15) is 25.8 Å². The van der Waals surface area contributed by atoms with E-state index in [0.717, 1.165) is 17.7 Å². The molecule has 1 aliphatic heterocycles. The molecule has 3 rings (SSSR count). The van der Waals surface area contributed by atoms with E-state index in [1.165, 1.54) is 12.7 Å². The molecule has 114 valence electrons. The minimum absolute atomic E-state index is 0.0142. The van der Waals surface area contributed by atoms with Crippen LogP contribution >= 0.6 is 0 Å². The molecule has 6 nitrogen and oxygen atoms in total. The number of benzene rings is 1. The zero-order valence-corrected chi connectivity index (χ0v) is 12.7. The number of amides is 1. The molecule has 22 heavy (non-hydrogen) atoms. The van der Waals surface area contributed by atoms with Crippen molar-refractivity contribution in [3.05, 3.63) is 42.5 Å². The Balaban J connectivity index is 2.07. The Hall–Kier alpha value is -2.50. The monoisotopic (exact) mass is 297 g/mol. The second-order valence-corrected chi connectivity index (χ2v) is 5.54. The first-order chi connectivity index (χ1) is 10.7. The molecule has 0 bridgehead atoms. The molecule has 1 aromatic carbocycles. The molecule has 2 aromatic rings. The Morgan fingerprint density at radius 3 is 2.77 bits per heavy atom. The van der Waals surface area contributed by atoms with Gasteiger partial charge in [-0.15, -0.1) is 0 Å². The van der Waals surface area contributed by atoms with Gasteiger partial charge in [0.05, 0.1) is 0 Å². The summed E-state index contributed by atoms with van der Waals surface area (Å²) < 4.78 is 0. The van der Waals surface area contributed by atoms with Gasteiger partial charge >= 0.3 is 0 Å². The van der Waals surface area contributed by atoms with Gasteiger partial charge in [0.15, 0.2) is 0 Å². The van der Waals surface area contributed by atoms with Gasteiger partial charge < -0.3 is 10.2 Å². The lowest BCUT2D eigenvalue weighted by atomic mass is 9.97. The first kappa shape index (κ1) is 14.4. The maximum Gasteiger partial charge on any atom is 0.247 e. The summed E-state index contributed by atoms with van der Waals surface area (Å²) in [5.74, 6) is 0.706. The van der Waals surface area contributed by atoms with Gasteiger partial charge in [-0.1, -0.05) is 38.5 Å². The van der Waals surface area contributed by atoms with Crippen molar-refractivity contribution in [3.63, 3.8) is 0 Å². The minimum Gasteiger partial charge on any atom is -0.324 e. The highest BCUT2D eigenvalue weighted by atomic mass is 16.2. The number of nitrogens with one attached hydrogen (secondary N) is 1. The molecule has 0 saturated heterocycles. The maximum atomic E-state index is 12.7. The zero-order valence-electron chi connectivity index (χ0n) is 12.7. The Morgan fingerprint density at radius 1 is 1.32 bits per heavy atom. The van der Waals surface area contributed by atoms with E-state index >= 15 is 0 Å². The molecular weight excluding hydrogens is 278 g/mol. The Bertz CT molecular complexity index is 661. The van der Waals surface area contributed by atoms with Gasteiger partial charge in [-0.05, 0) is 17.5 Å². The Labute approximate surface area is 129 Å². The Kier molecular flexibility index (Phi) is 4.00. The highest BCUT2D eigenvalue weighted by Gasteiger charge is 2.35. The van der Waals surface area contributed by atoms with Gasteiger partial charge in [-0.25, -0.2) is 15.0 Å². The molecule has 0 unspecified atom stereocenters. The lowest BCUT2D eigenvalue weighted by molar-refractivity contribution is -0.118. The molecule has 0 saturated carbocycles. The standard InChI is InChI=1S/C16H19N5O/c1-3-11(2)14-15(22)20-13-7-5-4-6-12(13)8-21(14)16-18-9-17-10-19-16/h4-7,9-11,14H,3,8H2,1-2H3,(H,20,22)/t11-,14-/m0/s1. The van der Waals surface area contributed by atoms with E-state index < -0.39 is 0 Å². The SMILES string of the molecule is CC[C@H](C)[C@H]1C(=O)Nc2ccccc2CN1c1ncncn1. The van der Waals surface area contributed by atoms with Crippen LogP contribution in [0.15, 0.2) is 36.9 Å². The summed E-state index contributed by atoms with van der Waals surface area (Å²) in [5, 5.41) is 3.04. The average Bonchev–Trinajstić information content (AvgIpc) is 2.70. The summed E-state index contributed by atoms with van der Waals surface area (Å²) in [6, 6.07) is 7.54. The van der Waals surface area contributed by atoms with E-state index in [0.29, 0.717) is 12.5 Å². The van der Waals surface area contributed by atoms with E-state index in [1.807, 2.05) is 29.2 Å². The number of carbonyl (C=O) groups is 1. The van der Waals surface area contributed by atoms with Crippen molar-refractivity contribution in [2.75, 3.05) is 10.2 Å². The molecular formula is C16H19N5O. The highest BCUT2D eigenvalue weighted by molar-refractivity contribution is 5.98. The van der Waals surface area contributed by atoms with Crippen molar-refractivity contribution >= 4 is 17.5 Å². The van der Waals surface area contributed by atoms with Crippen LogP contribution in [0.2, 0.25) is 0 Å². The molecule has 0 aliphatic carbocycles. The average molecular weight is 297 g/mol. The quantitative estimate of drug-likeness (QED) is 0.940. The van der Waals surface area contributed by atoms with E-state index in [4.69, 9.17) is 0 Å². The first-order valence-corrected chi connectivity index (χ1v) is 7.48. The van der Waals surface area contributed by atoms with E-state index in [2.05, 4.69) is 34.1 Å². The smallest absolute Gasteiger partial charge is 0.247 e. The molecule has 0 spiro atoms. The second-order valence-electron chi connectivity index (χ2n) is 5.54. The van der Waals surface area contributed by atoms with E-state index in [-0.39, 0.29) is 17.9 Å². The number of nitrogens with zero attached hydrogens (tertiary/aromatic N) is 4. The summed E-state index contributed by atoms with van der Waals surface area (Å²) >= 11 is 0. The van der Waals surface area contributed by atoms with Crippen LogP contribution in [0.25, 0.3) is 0 Å². The van der Waals surface area contributed by atoms with Crippen LogP contribution in [0.5, 0.6) is 0 Å². The first-order valence-electron chi connectivity index (χ1n) is 7.48. The van der Waals surface area contributed by atoms with Crippen molar-refractivity contribution < 1.29 is 4.79 Å². The number of rotatable bonds is 3. The molecule has 1 aliphatic rings. The fourth-order valence-electron chi connectivity index (χ4n) is 2.78. The number of fused-ring (bicyclic) bond motifs is 1. The number of aromatic nitrogens is 3. The number of hydrogen-bond acceptors (Lipinski definition) is 5. The summed E-state index contributed by atoms with van der Waals surface area (Å²) in [4.78, 5) is 27.1. The summed E-state index contributed by atoms with van der Waals surface area (Å²) in [6.07, 6.45) is 3.82. The van der Waals surface area contributed by atoms with Crippen molar-refractivity contribution in [1.82, 2.24) is 15.0 Å². The lowest BCUT2D eigenvalue weighted by Crippen LogP contribution is -2.47. The topological polar surface area (TPSA) is 71.0 Å².